The first-order chi connectivity index (χ1) is 13.0. The number of unbranched alkanes of at least 4 members (excludes halogenated alkanes) is 3. The topological polar surface area (TPSA) is 116 Å². The Morgan fingerprint density at radius 3 is 2.15 bits per heavy atom. The van der Waals surface area contributed by atoms with E-state index in [1.54, 1.807) is 0 Å². The molecule has 1 rings (SSSR count). The number of carboxylic acids is 2. The summed E-state index contributed by atoms with van der Waals surface area (Å²) < 4.78 is 5.60. The van der Waals surface area contributed by atoms with E-state index in [0.29, 0.717) is 19.8 Å². The van der Waals surface area contributed by atoms with Gasteiger partial charge in [-0.15, -0.1) is 0 Å². The smallest absolute Gasteiger partial charge is 0.317 e. The van der Waals surface area contributed by atoms with Crippen LogP contribution in [-0.4, -0.2) is 65.7 Å². The van der Waals surface area contributed by atoms with Crippen molar-refractivity contribution in [1.29, 1.82) is 0 Å². The van der Waals surface area contributed by atoms with Gasteiger partial charge in [-0.05, 0) is 18.4 Å². The van der Waals surface area contributed by atoms with Crippen LogP contribution in [0.25, 0.3) is 0 Å². The van der Waals surface area contributed by atoms with Crippen LogP contribution in [0.1, 0.15) is 31.2 Å². The normalized spacial score (nSPS) is 10.7. The van der Waals surface area contributed by atoms with E-state index >= 15 is 0 Å². The van der Waals surface area contributed by atoms with Crippen molar-refractivity contribution in [2.45, 2.75) is 32.3 Å². The molecule has 8 nitrogen and oxygen atoms in total. The first kappa shape index (κ1) is 22.6. The van der Waals surface area contributed by atoms with Crippen molar-refractivity contribution in [2.75, 3.05) is 32.8 Å². The lowest BCUT2D eigenvalue weighted by molar-refractivity contribution is -0.142. The van der Waals surface area contributed by atoms with Gasteiger partial charge in [0.2, 0.25) is 5.91 Å². The molecule has 3 N–H and O–H groups in total. The lowest BCUT2D eigenvalue weighted by Crippen LogP contribution is -2.42. The number of amides is 1. The first-order valence-electron chi connectivity index (χ1n) is 9.01. The second-order valence-electron chi connectivity index (χ2n) is 6.23. The predicted octanol–water partition coefficient (Wildman–Crippen LogP) is 1.35. The minimum Gasteiger partial charge on any atom is -0.480 e. The maximum atomic E-state index is 11.8. The SMILES string of the molecule is O=C(O)CN(CC(=O)O)CC(=O)NCCCCCCOCc1ccccc1. The monoisotopic (exact) mass is 380 g/mol. The number of hydrogen-bond acceptors (Lipinski definition) is 5. The van der Waals surface area contributed by atoms with Gasteiger partial charge in [-0.1, -0.05) is 43.2 Å². The molecule has 0 aliphatic carbocycles. The Bertz CT molecular complexity index is 563. The minimum absolute atomic E-state index is 0.244. The van der Waals surface area contributed by atoms with Crippen LogP contribution in [0.15, 0.2) is 30.3 Å². The van der Waals surface area contributed by atoms with E-state index in [4.69, 9.17) is 14.9 Å². The maximum absolute atomic E-state index is 11.8. The third-order valence-corrected chi connectivity index (χ3v) is 3.73. The van der Waals surface area contributed by atoms with Crippen molar-refractivity contribution in [1.82, 2.24) is 10.2 Å². The van der Waals surface area contributed by atoms with Gasteiger partial charge in [0.15, 0.2) is 0 Å². The maximum Gasteiger partial charge on any atom is 0.317 e. The van der Waals surface area contributed by atoms with Crippen LogP contribution in [0.3, 0.4) is 0 Å². The highest BCUT2D eigenvalue weighted by atomic mass is 16.5. The standard InChI is InChI=1S/C19H28N2O6/c22-17(12-21(13-18(23)24)14-19(25)26)20-10-6-1-2-7-11-27-15-16-8-4-3-5-9-16/h3-5,8-9H,1-2,6-7,10-15H2,(H,20,22)(H,23,24)(H,25,26). The van der Waals surface area contributed by atoms with Crippen LogP contribution in [0.5, 0.6) is 0 Å². The number of nitrogens with one attached hydrogen (secondary N) is 1. The Hall–Kier alpha value is -2.45. The van der Waals surface area contributed by atoms with Gasteiger partial charge in [0.1, 0.15) is 0 Å². The fourth-order valence-corrected chi connectivity index (χ4v) is 2.48. The van der Waals surface area contributed by atoms with Crippen molar-refractivity contribution >= 4 is 17.8 Å². The Morgan fingerprint density at radius 2 is 1.52 bits per heavy atom. The predicted molar refractivity (Wildman–Crippen MR) is 99.3 cm³/mol. The first-order valence-corrected chi connectivity index (χ1v) is 9.01. The Labute approximate surface area is 159 Å². The quantitative estimate of drug-likeness (QED) is 0.393. The number of carboxylic acid groups (broad SMARTS) is 2. The zero-order chi connectivity index (χ0) is 19.9. The Balaban J connectivity index is 2.02. The molecule has 1 aromatic carbocycles. The summed E-state index contributed by atoms with van der Waals surface area (Å²) in [5, 5.41) is 20.2. The molecule has 8 heteroatoms. The molecule has 0 spiro atoms. The molecule has 0 bridgehead atoms. The van der Waals surface area contributed by atoms with Crippen LogP contribution in [0, 0.1) is 0 Å². The van der Waals surface area contributed by atoms with Gasteiger partial charge in [-0.3, -0.25) is 19.3 Å². The lowest BCUT2D eigenvalue weighted by atomic mass is 10.2. The van der Waals surface area contributed by atoms with Crippen LogP contribution < -0.4 is 5.32 Å². The molecule has 0 aliphatic rings. The van der Waals surface area contributed by atoms with Gasteiger partial charge in [0.25, 0.3) is 0 Å². The van der Waals surface area contributed by atoms with E-state index in [-0.39, 0.29) is 12.5 Å². The zero-order valence-electron chi connectivity index (χ0n) is 15.4. The largest absolute Gasteiger partial charge is 0.480 e. The Morgan fingerprint density at radius 1 is 0.889 bits per heavy atom. The van der Waals surface area contributed by atoms with Crippen molar-refractivity contribution < 1.29 is 29.3 Å². The molecule has 27 heavy (non-hydrogen) atoms. The number of benzene rings is 1. The molecule has 0 unspecified atom stereocenters. The van der Waals surface area contributed by atoms with Crippen LogP contribution in [0.2, 0.25) is 0 Å². The van der Waals surface area contributed by atoms with E-state index in [2.05, 4.69) is 5.32 Å². The second kappa shape index (κ2) is 13.7. The number of nitrogens with zero attached hydrogens (tertiary/aromatic N) is 1. The van der Waals surface area contributed by atoms with Crippen molar-refractivity contribution in [2.24, 2.45) is 0 Å². The van der Waals surface area contributed by atoms with E-state index < -0.39 is 25.0 Å². The van der Waals surface area contributed by atoms with E-state index in [1.165, 1.54) is 0 Å². The average molecular weight is 380 g/mol. The summed E-state index contributed by atoms with van der Waals surface area (Å²) in [6.07, 6.45) is 3.70. The van der Waals surface area contributed by atoms with E-state index in [9.17, 15) is 14.4 Å². The molecule has 0 atom stereocenters. The highest BCUT2D eigenvalue weighted by molar-refractivity contribution is 5.80. The number of ether oxygens (including phenoxy) is 1. The molecular weight excluding hydrogens is 352 g/mol. The zero-order valence-corrected chi connectivity index (χ0v) is 15.4. The van der Waals surface area contributed by atoms with Crippen molar-refractivity contribution in [3.63, 3.8) is 0 Å². The average Bonchev–Trinajstić information content (AvgIpc) is 2.60. The van der Waals surface area contributed by atoms with E-state index in [0.717, 1.165) is 36.1 Å². The Kier molecular flexibility index (Phi) is 11.5. The summed E-state index contributed by atoms with van der Waals surface area (Å²) in [5.74, 6) is -2.71. The molecule has 150 valence electrons. The van der Waals surface area contributed by atoms with Crippen molar-refractivity contribution in [3.8, 4) is 0 Å². The number of carbonyl (C=O) groups is 3. The third-order valence-electron chi connectivity index (χ3n) is 3.73. The molecule has 0 saturated carbocycles. The van der Waals surface area contributed by atoms with Crippen LogP contribution in [-0.2, 0) is 25.7 Å². The molecule has 0 aromatic heterocycles. The number of rotatable bonds is 15. The molecule has 0 fully saturated rings. The number of aliphatic carboxylic acids is 2. The lowest BCUT2D eigenvalue weighted by Gasteiger charge is -2.17. The number of carbonyl (C=O) groups excluding carboxylic acids is 1. The summed E-state index contributed by atoms with van der Waals surface area (Å²) in [4.78, 5) is 34.2. The summed E-state index contributed by atoms with van der Waals surface area (Å²) in [5.41, 5.74) is 1.15. The molecule has 1 amide bonds. The molecule has 0 radical (unpaired) electrons. The highest BCUT2D eigenvalue weighted by Crippen LogP contribution is 2.03. The van der Waals surface area contributed by atoms with Gasteiger partial charge < -0.3 is 20.3 Å². The molecule has 1 aromatic rings. The molecule has 0 aliphatic heterocycles. The highest BCUT2D eigenvalue weighted by Gasteiger charge is 2.16. The van der Waals surface area contributed by atoms with Crippen LogP contribution in [0.4, 0.5) is 0 Å². The fraction of sp³-hybridized carbons (Fsp3) is 0.526. The fourth-order valence-electron chi connectivity index (χ4n) is 2.48. The summed E-state index contributed by atoms with van der Waals surface area (Å²) >= 11 is 0. The summed E-state index contributed by atoms with van der Waals surface area (Å²) in [6.45, 7) is 0.579. The van der Waals surface area contributed by atoms with Gasteiger partial charge >= 0.3 is 11.9 Å². The summed E-state index contributed by atoms with van der Waals surface area (Å²) in [7, 11) is 0. The second-order valence-corrected chi connectivity index (χ2v) is 6.23. The van der Waals surface area contributed by atoms with Gasteiger partial charge in [-0.2, -0.15) is 0 Å². The molecular formula is C19H28N2O6. The van der Waals surface area contributed by atoms with Crippen molar-refractivity contribution in [3.05, 3.63) is 35.9 Å². The van der Waals surface area contributed by atoms with Crippen LogP contribution >= 0.6 is 0 Å². The van der Waals surface area contributed by atoms with E-state index in [1.807, 2.05) is 30.3 Å². The van der Waals surface area contributed by atoms with Gasteiger partial charge in [0.05, 0.1) is 26.2 Å². The van der Waals surface area contributed by atoms with Gasteiger partial charge in [0, 0.05) is 13.2 Å². The summed E-state index contributed by atoms with van der Waals surface area (Å²) in [6, 6.07) is 9.98. The number of hydrogen-bond donors (Lipinski definition) is 3. The minimum atomic E-state index is -1.17. The van der Waals surface area contributed by atoms with Gasteiger partial charge in [-0.25, -0.2) is 0 Å². The third kappa shape index (κ3) is 12.5. The molecule has 0 saturated heterocycles. The molecule has 0 heterocycles.